The Labute approximate surface area is 273 Å². The molecule has 48 heavy (non-hydrogen) atoms. The standard InChI is InChI=1S/C27H38N10O4.C2HF3O2/c1-34-24(39)19(13-15-4-8-17(9-5-15)22(29)30)25(40)37-21(14-16-6-10-18(28)11-7-16)26(41)36-20(23(31)38)3-2-12-35-27(32)33;3-2(4,5)1(6)7/h4-11,19-21H,2-3,12-14,28H2,1H3,(H3,29,30)(H2,31,38)(H,34,39)(H,36,41)(H,37,40)(H4,32,33,35);(H,6,7)/t19?,20-,21-;/m0./s1. The van der Waals surface area contributed by atoms with Crippen molar-refractivity contribution in [3.05, 3.63) is 65.2 Å². The number of primary amides is 1. The Bertz CT molecular complexity index is 1450. The van der Waals surface area contributed by atoms with Crippen molar-refractivity contribution in [3.63, 3.8) is 0 Å². The summed E-state index contributed by atoms with van der Waals surface area (Å²) < 4.78 is 31.7. The van der Waals surface area contributed by atoms with Crippen molar-refractivity contribution in [2.75, 3.05) is 19.3 Å². The van der Waals surface area contributed by atoms with Gasteiger partial charge in [-0.05, 0) is 42.5 Å². The first-order valence-electron chi connectivity index (χ1n) is 14.1. The molecule has 0 bridgehead atoms. The molecule has 0 spiro atoms. The molecule has 0 fully saturated rings. The van der Waals surface area contributed by atoms with Gasteiger partial charge in [-0.3, -0.25) is 30.0 Å². The molecule has 262 valence electrons. The minimum atomic E-state index is -5.08. The van der Waals surface area contributed by atoms with Gasteiger partial charge < -0.3 is 49.3 Å². The largest absolute Gasteiger partial charge is 0.490 e. The van der Waals surface area contributed by atoms with Crippen molar-refractivity contribution in [1.29, 1.82) is 10.8 Å². The summed E-state index contributed by atoms with van der Waals surface area (Å²) in [5, 5.41) is 32.2. The molecular formula is C29H39F3N10O6. The Morgan fingerprint density at radius 3 is 1.77 bits per heavy atom. The van der Waals surface area contributed by atoms with Crippen LogP contribution in [-0.2, 0) is 36.8 Å². The molecule has 0 radical (unpaired) electrons. The van der Waals surface area contributed by atoms with E-state index >= 15 is 0 Å². The zero-order chi connectivity index (χ0) is 36.6. The lowest BCUT2D eigenvalue weighted by Crippen LogP contribution is -2.55. The molecule has 0 aromatic heterocycles. The number of benzene rings is 2. The van der Waals surface area contributed by atoms with Crippen LogP contribution in [0.2, 0.25) is 0 Å². The van der Waals surface area contributed by atoms with Gasteiger partial charge in [0.05, 0.1) is 0 Å². The first-order chi connectivity index (χ1) is 22.3. The smallest absolute Gasteiger partial charge is 0.475 e. The Morgan fingerprint density at radius 2 is 1.31 bits per heavy atom. The molecule has 0 aliphatic rings. The van der Waals surface area contributed by atoms with Crippen LogP contribution in [0.1, 0.15) is 29.5 Å². The van der Waals surface area contributed by atoms with Gasteiger partial charge in [0.25, 0.3) is 0 Å². The predicted octanol–water partition coefficient (Wildman–Crippen LogP) is -0.948. The average molecular weight is 681 g/mol. The molecule has 2 rings (SSSR count). The van der Waals surface area contributed by atoms with Crippen LogP contribution in [0, 0.1) is 16.7 Å². The number of nitrogens with two attached hydrogens (primary N) is 4. The van der Waals surface area contributed by atoms with E-state index in [2.05, 4.69) is 21.3 Å². The third kappa shape index (κ3) is 14.5. The van der Waals surface area contributed by atoms with Crippen LogP contribution in [0.25, 0.3) is 0 Å². The lowest BCUT2D eigenvalue weighted by Gasteiger charge is -2.24. The van der Waals surface area contributed by atoms with E-state index in [0.29, 0.717) is 35.3 Å². The van der Waals surface area contributed by atoms with E-state index in [0.717, 1.165) is 0 Å². The Hall–Kier alpha value is -5.88. The zero-order valence-corrected chi connectivity index (χ0v) is 25.8. The fraction of sp³-hybridized carbons (Fsp3) is 0.345. The SMILES string of the molecule is CNC(=O)C(Cc1ccc(C(=N)N)cc1)C(=O)N[C@@H](Cc1ccc(N)cc1)C(=O)N[C@@H](CCCNC(=N)N)C(N)=O.O=C(O)C(F)(F)F. The second-order valence-corrected chi connectivity index (χ2v) is 10.2. The minimum absolute atomic E-state index is 0.0208. The molecule has 16 nitrogen and oxygen atoms in total. The summed E-state index contributed by atoms with van der Waals surface area (Å²) >= 11 is 0. The quantitative estimate of drug-likeness (QED) is 0.0360. The number of hydrogen-bond donors (Lipinski definition) is 11. The van der Waals surface area contributed by atoms with Crippen molar-refractivity contribution >= 4 is 47.1 Å². The van der Waals surface area contributed by atoms with Gasteiger partial charge in [0.2, 0.25) is 23.6 Å². The lowest BCUT2D eigenvalue weighted by atomic mass is 9.95. The lowest BCUT2D eigenvalue weighted by molar-refractivity contribution is -0.192. The average Bonchev–Trinajstić information content (AvgIpc) is 3.01. The van der Waals surface area contributed by atoms with E-state index in [-0.39, 0.29) is 31.1 Å². The number of carboxylic acid groups (broad SMARTS) is 1. The van der Waals surface area contributed by atoms with Crippen LogP contribution < -0.4 is 44.2 Å². The number of alkyl halides is 3. The van der Waals surface area contributed by atoms with Gasteiger partial charge in [-0.25, -0.2) is 4.79 Å². The monoisotopic (exact) mass is 680 g/mol. The van der Waals surface area contributed by atoms with Crippen molar-refractivity contribution in [1.82, 2.24) is 21.3 Å². The fourth-order valence-electron chi connectivity index (χ4n) is 3.99. The van der Waals surface area contributed by atoms with E-state index in [1.54, 1.807) is 48.5 Å². The number of rotatable bonds is 15. The van der Waals surface area contributed by atoms with Crippen molar-refractivity contribution in [2.45, 2.75) is 43.9 Å². The Balaban J connectivity index is 0.00000148. The summed E-state index contributed by atoms with van der Waals surface area (Å²) in [5.74, 6) is -6.97. The molecule has 0 heterocycles. The van der Waals surface area contributed by atoms with Crippen molar-refractivity contribution in [3.8, 4) is 0 Å². The number of carbonyl (C=O) groups excluding carboxylic acids is 4. The Kier molecular flexibility index (Phi) is 15.8. The molecule has 0 saturated heterocycles. The number of nitrogens with one attached hydrogen (secondary N) is 6. The van der Waals surface area contributed by atoms with E-state index in [4.69, 9.17) is 43.7 Å². The van der Waals surface area contributed by atoms with Gasteiger partial charge in [0.1, 0.15) is 23.8 Å². The normalized spacial score (nSPS) is 12.5. The molecule has 0 saturated carbocycles. The summed E-state index contributed by atoms with van der Waals surface area (Å²) in [6.07, 6.45) is -4.47. The number of anilines is 1. The molecule has 0 aliphatic heterocycles. The van der Waals surface area contributed by atoms with Crippen molar-refractivity contribution in [2.24, 2.45) is 23.1 Å². The van der Waals surface area contributed by atoms with Gasteiger partial charge in [0.15, 0.2) is 5.96 Å². The molecule has 2 aromatic carbocycles. The van der Waals surface area contributed by atoms with E-state index < -0.39 is 53.8 Å². The van der Waals surface area contributed by atoms with E-state index in [9.17, 15) is 32.3 Å². The summed E-state index contributed by atoms with van der Waals surface area (Å²) in [7, 11) is 1.40. The fourth-order valence-corrected chi connectivity index (χ4v) is 3.99. The van der Waals surface area contributed by atoms with Crippen LogP contribution in [0.4, 0.5) is 18.9 Å². The second kappa shape index (κ2) is 18.9. The molecule has 3 atom stereocenters. The Morgan fingerprint density at radius 1 is 0.812 bits per heavy atom. The zero-order valence-electron chi connectivity index (χ0n) is 25.8. The maximum atomic E-state index is 13.4. The number of hydrogen-bond acceptors (Lipinski definition) is 8. The van der Waals surface area contributed by atoms with Gasteiger partial charge >= 0.3 is 12.1 Å². The molecular weight excluding hydrogens is 641 g/mol. The maximum Gasteiger partial charge on any atom is 0.490 e. The number of halogens is 3. The molecule has 4 amide bonds. The molecule has 2 aromatic rings. The highest BCUT2D eigenvalue weighted by Crippen LogP contribution is 2.15. The summed E-state index contributed by atoms with van der Waals surface area (Å²) in [4.78, 5) is 60.4. The summed E-state index contributed by atoms with van der Waals surface area (Å²) in [6.45, 7) is 0.293. The topological polar surface area (TPSA) is 305 Å². The summed E-state index contributed by atoms with van der Waals surface area (Å²) in [5.41, 5.74) is 24.4. The van der Waals surface area contributed by atoms with Crippen molar-refractivity contribution < 1.29 is 42.3 Å². The third-order valence-corrected chi connectivity index (χ3v) is 6.52. The first-order valence-corrected chi connectivity index (χ1v) is 14.1. The second-order valence-electron chi connectivity index (χ2n) is 10.2. The van der Waals surface area contributed by atoms with E-state index in [1.165, 1.54) is 7.05 Å². The first kappa shape index (κ1) is 40.1. The third-order valence-electron chi connectivity index (χ3n) is 6.52. The number of nitrogen functional groups attached to an aromatic ring is 2. The predicted molar refractivity (Wildman–Crippen MR) is 169 cm³/mol. The highest BCUT2D eigenvalue weighted by molar-refractivity contribution is 6.02. The van der Waals surface area contributed by atoms with Crippen LogP contribution >= 0.6 is 0 Å². The number of guanidine groups is 1. The van der Waals surface area contributed by atoms with Crippen LogP contribution in [-0.4, -0.2) is 78.4 Å². The van der Waals surface area contributed by atoms with Gasteiger partial charge in [0, 0.05) is 31.3 Å². The van der Waals surface area contributed by atoms with E-state index in [1.807, 2.05) is 0 Å². The molecule has 19 heteroatoms. The molecule has 1 unspecified atom stereocenters. The number of carboxylic acids is 1. The summed E-state index contributed by atoms with van der Waals surface area (Å²) in [6, 6.07) is 11.1. The number of amidine groups is 1. The van der Waals surface area contributed by atoms with Crippen LogP contribution in [0.15, 0.2) is 48.5 Å². The number of aliphatic carboxylic acids is 1. The highest BCUT2D eigenvalue weighted by atomic mass is 19.4. The molecule has 15 N–H and O–H groups in total. The minimum Gasteiger partial charge on any atom is -0.475 e. The van der Waals surface area contributed by atoms with Gasteiger partial charge in [-0.1, -0.05) is 36.4 Å². The van der Waals surface area contributed by atoms with Crippen LogP contribution in [0.5, 0.6) is 0 Å². The molecule has 0 aliphatic carbocycles. The van der Waals surface area contributed by atoms with Crippen LogP contribution in [0.3, 0.4) is 0 Å². The number of carbonyl (C=O) groups is 5. The number of amides is 4. The van der Waals surface area contributed by atoms with Gasteiger partial charge in [-0.2, -0.15) is 13.2 Å². The maximum absolute atomic E-state index is 13.4. The van der Waals surface area contributed by atoms with Gasteiger partial charge in [-0.15, -0.1) is 0 Å². The highest BCUT2D eigenvalue weighted by Gasteiger charge is 2.38.